The van der Waals surface area contributed by atoms with Crippen LogP contribution in [0.15, 0.2) is 30.5 Å². The molecule has 0 unspecified atom stereocenters. The summed E-state index contributed by atoms with van der Waals surface area (Å²) >= 11 is 0. The first-order valence-electron chi connectivity index (χ1n) is 11.3. The SMILES string of the molecule is CC1CCN(C(=O)CN2CCO[C@@H](c3nc(N(C)C)ncc3-c3cccc(F)c3)C2)CC1. The molecule has 8 heteroatoms. The van der Waals surface area contributed by atoms with E-state index in [4.69, 9.17) is 9.72 Å². The minimum Gasteiger partial charge on any atom is -0.369 e. The number of carbonyl (C=O) groups excluding carboxylic acids is 1. The lowest BCUT2D eigenvalue weighted by Gasteiger charge is -2.36. The van der Waals surface area contributed by atoms with E-state index in [0.717, 1.165) is 37.2 Å². The van der Waals surface area contributed by atoms with Crippen molar-refractivity contribution in [3.8, 4) is 11.1 Å². The van der Waals surface area contributed by atoms with Gasteiger partial charge in [-0.15, -0.1) is 0 Å². The molecular formula is C24H32FN5O2. The lowest BCUT2D eigenvalue weighted by Crippen LogP contribution is -2.47. The average Bonchev–Trinajstić information content (AvgIpc) is 2.79. The van der Waals surface area contributed by atoms with Crippen LogP contribution in [0.3, 0.4) is 0 Å². The van der Waals surface area contributed by atoms with Crippen molar-refractivity contribution >= 4 is 11.9 Å². The van der Waals surface area contributed by atoms with E-state index < -0.39 is 0 Å². The van der Waals surface area contributed by atoms with Crippen LogP contribution in [0.2, 0.25) is 0 Å². The second-order valence-corrected chi connectivity index (χ2v) is 9.03. The lowest BCUT2D eigenvalue weighted by atomic mass is 9.99. The number of morpholine rings is 1. The number of ether oxygens (including phenoxy) is 1. The van der Waals surface area contributed by atoms with Crippen LogP contribution in [-0.2, 0) is 9.53 Å². The summed E-state index contributed by atoms with van der Waals surface area (Å²) < 4.78 is 20.0. The van der Waals surface area contributed by atoms with Crippen LogP contribution in [-0.4, -0.2) is 79.1 Å². The van der Waals surface area contributed by atoms with E-state index in [9.17, 15) is 9.18 Å². The fourth-order valence-corrected chi connectivity index (χ4v) is 4.29. The van der Waals surface area contributed by atoms with Crippen molar-refractivity contribution in [2.24, 2.45) is 5.92 Å². The van der Waals surface area contributed by atoms with Gasteiger partial charge in [0.15, 0.2) is 0 Å². The lowest BCUT2D eigenvalue weighted by molar-refractivity contribution is -0.135. The van der Waals surface area contributed by atoms with Gasteiger partial charge < -0.3 is 14.5 Å². The van der Waals surface area contributed by atoms with Crippen molar-refractivity contribution in [3.63, 3.8) is 0 Å². The van der Waals surface area contributed by atoms with Crippen LogP contribution in [0, 0.1) is 11.7 Å². The van der Waals surface area contributed by atoms with Gasteiger partial charge in [0.1, 0.15) is 11.9 Å². The Morgan fingerprint density at radius 3 is 2.75 bits per heavy atom. The maximum atomic E-state index is 13.9. The summed E-state index contributed by atoms with van der Waals surface area (Å²) in [6.45, 7) is 6.09. The van der Waals surface area contributed by atoms with Crippen LogP contribution in [0.4, 0.5) is 10.3 Å². The van der Waals surface area contributed by atoms with E-state index >= 15 is 0 Å². The molecule has 1 atom stereocenters. The number of hydrogen-bond donors (Lipinski definition) is 0. The van der Waals surface area contributed by atoms with E-state index in [1.165, 1.54) is 12.1 Å². The van der Waals surface area contributed by atoms with Gasteiger partial charge in [-0.05, 0) is 36.5 Å². The zero-order valence-corrected chi connectivity index (χ0v) is 19.1. The van der Waals surface area contributed by atoms with Gasteiger partial charge in [-0.25, -0.2) is 14.4 Å². The molecule has 2 fully saturated rings. The molecule has 2 saturated heterocycles. The Hall–Kier alpha value is -2.58. The van der Waals surface area contributed by atoms with Gasteiger partial charge in [-0.1, -0.05) is 19.1 Å². The molecule has 3 heterocycles. The highest BCUT2D eigenvalue weighted by Crippen LogP contribution is 2.32. The van der Waals surface area contributed by atoms with E-state index in [1.807, 2.05) is 30.0 Å². The Morgan fingerprint density at radius 1 is 1.25 bits per heavy atom. The summed E-state index contributed by atoms with van der Waals surface area (Å²) in [5.74, 6) is 1.13. The van der Waals surface area contributed by atoms with Gasteiger partial charge in [0.2, 0.25) is 11.9 Å². The Labute approximate surface area is 189 Å². The highest BCUT2D eigenvalue weighted by molar-refractivity contribution is 5.78. The van der Waals surface area contributed by atoms with Crippen LogP contribution in [0.5, 0.6) is 0 Å². The molecule has 0 aliphatic carbocycles. The number of nitrogens with zero attached hydrogens (tertiary/aromatic N) is 5. The Bertz CT molecular complexity index is 946. The summed E-state index contributed by atoms with van der Waals surface area (Å²) in [6.07, 6.45) is 3.55. The molecule has 2 aliphatic heterocycles. The zero-order chi connectivity index (χ0) is 22.7. The van der Waals surface area contributed by atoms with Gasteiger partial charge >= 0.3 is 0 Å². The minimum atomic E-state index is -0.321. The molecule has 7 nitrogen and oxygen atoms in total. The smallest absolute Gasteiger partial charge is 0.236 e. The van der Waals surface area contributed by atoms with Gasteiger partial charge in [0.25, 0.3) is 0 Å². The molecule has 32 heavy (non-hydrogen) atoms. The van der Waals surface area contributed by atoms with Crippen LogP contribution in [0.25, 0.3) is 11.1 Å². The number of halogens is 1. The van der Waals surface area contributed by atoms with Crippen LogP contribution in [0.1, 0.15) is 31.6 Å². The predicted molar refractivity (Wildman–Crippen MR) is 122 cm³/mol. The number of benzene rings is 1. The first kappa shape index (κ1) is 22.6. The fraction of sp³-hybridized carbons (Fsp3) is 0.542. The van der Waals surface area contributed by atoms with Crippen molar-refractivity contribution in [1.29, 1.82) is 0 Å². The number of rotatable bonds is 5. The average molecular weight is 442 g/mol. The molecule has 2 aromatic rings. The normalized spacial score (nSPS) is 20.4. The third kappa shape index (κ3) is 5.24. The minimum absolute atomic E-state index is 0.180. The molecule has 0 N–H and O–H groups in total. The summed E-state index contributed by atoms with van der Waals surface area (Å²) in [5.41, 5.74) is 2.18. The van der Waals surface area contributed by atoms with Gasteiger partial charge in [0, 0.05) is 52.0 Å². The van der Waals surface area contributed by atoms with Crippen molar-refractivity contribution in [3.05, 3.63) is 42.0 Å². The zero-order valence-electron chi connectivity index (χ0n) is 19.1. The molecule has 0 bridgehead atoms. The molecule has 0 radical (unpaired) electrons. The summed E-state index contributed by atoms with van der Waals surface area (Å²) in [4.78, 5) is 28.0. The molecule has 1 aromatic heterocycles. The molecule has 172 valence electrons. The number of amides is 1. The maximum absolute atomic E-state index is 13.9. The van der Waals surface area contributed by atoms with Gasteiger partial charge in [-0.2, -0.15) is 0 Å². The number of hydrogen-bond acceptors (Lipinski definition) is 6. The number of carbonyl (C=O) groups is 1. The summed E-state index contributed by atoms with van der Waals surface area (Å²) in [7, 11) is 3.76. The van der Waals surface area contributed by atoms with E-state index in [2.05, 4.69) is 16.8 Å². The van der Waals surface area contributed by atoms with E-state index in [0.29, 0.717) is 43.7 Å². The van der Waals surface area contributed by atoms with Crippen molar-refractivity contribution in [2.45, 2.75) is 25.9 Å². The van der Waals surface area contributed by atoms with E-state index in [1.54, 1.807) is 12.3 Å². The van der Waals surface area contributed by atoms with Crippen molar-refractivity contribution in [2.75, 3.05) is 58.3 Å². The monoisotopic (exact) mass is 441 g/mol. The van der Waals surface area contributed by atoms with Gasteiger partial charge in [0.05, 0.1) is 18.8 Å². The third-order valence-electron chi connectivity index (χ3n) is 6.29. The fourth-order valence-electron chi connectivity index (χ4n) is 4.29. The highest BCUT2D eigenvalue weighted by Gasteiger charge is 2.29. The van der Waals surface area contributed by atoms with Crippen molar-refractivity contribution < 1.29 is 13.9 Å². The summed E-state index contributed by atoms with van der Waals surface area (Å²) in [6, 6.07) is 6.44. The standard InChI is InChI=1S/C24H32FN5O2/c1-17-7-9-30(10-8-17)22(31)16-29-11-12-32-21(15-29)23-20(14-26-24(27-23)28(2)3)18-5-4-6-19(25)13-18/h4-6,13-14,17,21H,7-12,15-16H2,1-3H3/t21-/m1/s1. The second kappa shape index (κ2) is 9.92. The Balaban J connectivity index is 1.54. The molecule has 0 saturated carbocycles. The predicted octanol–water partition coefficient (Wildman–Crippen LogP) is 2.98. The topological polar surface area (TPSA) is 61.8 Å². The van der Waals surface area contributed by atoms with E-state index in [-0.39, 0.29) is 17.8 Å². The number of aromatic nitrogens is 2. The molecule has 2 aliphatic rings. The van der Waals surface area contributed by atoms with Gasteiger partial charge in [-0.3, -0.25) is 9.69 Å². The quantitative estimate of drug-likeness (QED) is 0.711. The van der Waals surface area contributed by atoms with Crippen LogP contribution < -0.4 is 4.90 Å². The maximum Gasteiger partial charge on any atom is 0.236 e. The molecule has 4 rings (SSSR count). The van der Waals surface area contributed by atoms with Crippen molar-refractivity contribution in [1.82, 2.24) is 19.8 Å². The first-order valence-corrected chi connectivity index (χ1v) is 11.3. The Kier molecular flexibility index (Phi) is 7.01. The Morgan fingerprint density at radius 2 is 2.03 bits per heavy atom. The number of piperidine rings is 1. The number of likely N-dealkylation sites (tertiary alicyclic amines) is 1. The molecule has 0 spiro atoms. The third-order valence-corrected chi connectivity index (χ3v) is 6.29. The first-order chi connectivity index (χ1) is 15.4. The molecule has 1 amide bonds. The number of anilines is 1. The largest absolute Gasteiger partial charge is 0.369 e. The molecular weight excluding hydrogens is 409 g/mol. The summed E-state index contributed by atoms with van der Waals surface area (Å²) in [5, 5.41) is 0. The highest BCUT2D eigenvalue weighted by atomic mass is 19.1. The second-order valence-electron chi connectivity index (χ2n) is 9.03. The van der Waals surface area contributed by atoms with Crippen LogP contribution >= 0.6 is 0 Å². The molecule has 1 aromatic carbocycles.